The van der Waals surface area contributed by atoms with E-state index in [1.54, 1.807) is 24.0 Å². The van der Waals surface area contributed by atoms with Gasteiger partial charge in [0.2, 0.25) is 0 Å². The molecule has 0 aliphatic heterocycles. The predicted molar refractivity (Wildman–Crippen MR) is 41.8 cm³/mol. The van der Waals surface area contributed by atoms with Crippen LogP contribution in [0, 0.1) is 0 Å². The van der Waals surface area contributed by atoms with Crippen LogP contribution in [0.25, 0.3) is 6.08 Å². The second kappa shape index (κ2) is 3.01. The van der Waals surface area contributed by atoms with E-state index in [2.05, 4.69) is 5.10 Å². The van der Waals surface area contributed by atoms with Crippen LogP contribution in [0.2, 0.25) is 0 Å². The third-order valence-corrected chi connectivity index (χ3v) is 1.27. The van der Waals surface area contributed by atoms with Crippen molar-refractivity contribution in [3.63, 3.8) is 0 Å². The van der Waals surface area contributed by atoms with Crippen LogP contribution in [-0.2, 0) is 7.05 Å². The molecule has 0 fully saturated rings. The van der Waals surface area contributed by atoms with Crippen LogP contribution < -0.4 is 5.73 Å². The number of hydrogen-bond donors (Lipinski definition) is 1. The average molecular weight is 151 g/mol. The summed E-state index contributed by atoms with van der Waals surface area (Å²) in [6.07, 6.45) is 5.34. The summed E-state index contributed by atoms with van der Waals surface area (Å²) in [5.74, 6) is 0. The van der Waals surface area contributed by atoms with Gasteiger partial charge in [-0.05, 0) is 12.3 Å². The Morgan fingerprint density at radius 1 is 1.73 bits per heavy atom. The first-order chi connectivity index (χ1) is 5.27. The van der Waals surface area contributed by atoms with Crippen LogP contribution in [0.4, 0.5) is 0 Å². The fourth-order valence-electron chi connectivity index (χ4n) is 0.835. The lowest BCUT2D eigenvalue weighted by atomic mass is 10.3. The van der Waals surface area contributed by atoms with Crippen molar-refractivity contribution in [2.24, 2.45) is 12.8 Å². The topological polar surface area (TPSA) is 60.9 Å². The van der Waals surface area contributed by atoms with E-state index in [-0.39, 0.29) is 0 Å². The zero-order valence-corrected chi connectivity index (χ0v) is 6.19. The lowest BCUT2D eigenvalue weighted by Crippen LogP contribution is -1.87. The summed E-state index contributed by atoms with van der Waals surface area (Å²) in [5.41, 5.74) is 6.30. The normalized spacial score (nSPS) is 10.6. The SMILES string of the molecule is Cn1cc(C=O)c(/C=C\N)n1. The molecule has 0 spiro atoms. The predicted octanol–water partition coefficient (Wildman–Crippen LogP) is 0.162. The van der Waals surface area contributed by atoms with E-state index < -0.39 is 0 Å². The fraction of sp³-hybridized carbons (Fsp3) is 0.143. The summed E-state index contributed by atoms with van der Waals surface area (Å²) in [5, 5.41) is 3.99. The highest BCUT2D eigenvalue weighted by Crippen LogP contribution is 2.03. The van der Waals surface area contributed by atoms with E-state index in [0.717, 1.165) is 6.29 Å². The van der Waals surface area contributed by atoms with Gasteiger partial charge in [0.1, 0.15) is 0 Å². The summed E-state index contributed by atoms with van der Waals surface area (Å²) in [7, 11) is 1.75. The van der Waals surface area contributed by atoms with Crippen molar-refractivity contribution in [1.82, 2.24) is 9.78 Å². The molecule has 0 radical (unpaired) electrons. The highest BCUT2D eigenvalue weighted by atomic mass is 16.1. The van der Waals surface area contributed by atoms with E-state index in [1.165, 1.54) is 6.20 Å². The molecule has 4 nitrogen and oxygen atoms in total. The highest BCUT2D eigenvalue weighted by molar-refractivity contribution is 5.80. The molecule has 0 bridgehead atoms. The van der Waals surface area contributed by atoms with Gasteiger partial charge in [-0.1, -0.05) is 0 Å². The molecule has 0 unspecified atom stereocenters. The van der Waals surface area contributed by atoms with Crippen molar-refractivity contribution in [1.29, 1.82) is 0 Å². The largest absolute Gasteiger partial charge is 0.405 e. The van der Waals surface area contributed by atoms with Crippen molar-refractivity contribution < 1.29 is 4.79 Å². The molecule has 1 heterocycles. The molecule has 0 aromatic carbocycles. The van der Waals surface area contributed by atoms with Crippen molar-refractivity contribution in [2.45, 2.75) is 0 Å². The molecule has 0 atom stereocenters. The summed E-state index contributed by atoms with van der Waals surface area (Å²) >= 11 is 0. The molecule has 1 aromatic heterocycles. The fourth-order valence-corrected chi connectivity index (χ4v) is 0.835. The molecular weight excluding hydrogens is 142 g/mol. The summed E-state index contributed by atoms with van der Waals surface area (Å²) < 4.78 is 1.57. The second-order valence-electron chi connectivity index (χ2n) is 2.12. The molecule has 0 aliphatic rings. The Hall–Kier alpha value is -1.58. The Bertz CT molecular complexity index is 288. The number of aryl methyl sites for hydroxylation is 1. The first-order valence-corrected chi connectivity index (χ1v) is 3.15. The van der Waals surface area contributed by atoms with Gasteiger partial charge in [-0.25, -0.2) is 0 Å². The Balaban J connectivity index is 3.11. The summed E-state index contributed by atoms with van der Waals surface area (Å²) in [6, 6.07) is 0. The van der Waals surface area contributed by atoms with Crippen LogP contribution in [0.1, 0.15) is 16.1 Å². The maximum Gasteiger partial charge on any atom is 0.153 e. The molecule has 2 N–H and O–H groups in total. The molecule has 0 saturated heterocycles. The number of nitrogens with zero attached hydrogens (tertiary/aromatic N) is 2. The smallest absolute Gasteiger partial charge is 0.153 e. The van der Waals surface area contributed by atoms with Crippen molar-refractivity contribution in [2.75, 3.05) is 0 Å². The number of aldehydes is 1. The van der Waals surface area contributed by atoms with Crippen molar-refractivity contribution in [3.8, 4) is 0 Å². The monoisotopic (exact) mass is 151 g/mol. The number of nitrogens with two attached hydrogens (primary N) is 1. The number of aromatic nitrogens is 2. The van der Waals surface area contributed by atoms with Crippen LogP contribution in [0.5, 0.6) is 0 Å². The molecule has 1 aromatic rings. The molecule has 0 saturated carbocycles. The third kappa shape index (κ3) is 1.46. The van der Waals surface area contributed by atoms with E-state index in [9.17, 15) is 4.79 Å². The molecule has 11 heavy (non-hydrogen) atoms. The summed E-state index contributed by atoms with van der Waals surface area (Å²) in [4.78, 5) is 10.4. The van der Waals surface area contributed by atoms with Gasteiger partial charge in [-0.15, -0.1) is 0 Å². The van der Waals surface area contributed by atoms with Gasteiger partial charge in [-0.2, -0.15) is 5.10 Å². The van der Waals surface area contributed by atoms with Gasteiger partial charge in [0.05, 0.1) is 11.3 Å². The van der Waals surface area contributed by atoms with Crippen LogP contribution >= 0.6 is 0 Å². The first kappa shape index (κ1) is 7.53. The Morgan fingerprint density at radius 3 is 3.00 bits per heavy atom. The van der Waals surface area contributed by atoms with Crippen LogP contribution in [0.3, 0.4) is 0 Å². The molecule has 58 valence electrons. The maximum atomic E-state index is 10.4. The molecule has 0 amide bonds. The number of carbonyl (C=O) groups is 1. The Kier molecular flexibility index (Phi) is 2.06. The highest BCUT2D eigenvalue weighted by Gasteiger charge is 2.01. The van der Waals surface area contributed by atoms with Gasteiger partial charge < -0.3 is 5.73 Å². The van der Waals surface area contributed by atoms with E-state index in [1.807, 2.05) is 0 Å². The second-order valence-corrected chi connectivity index (χ2v) is 2.12. The molecule has 1 rings (SSSR count). The number of carbonyl (C=O) groups excluding carboxylic acids is 1. The Labute approximate surface area is 64.3 Å². The standard InChI is InChI=1S/C7H9N3O/c1-10-4-6(5-11)7(9-10)2-3-8/h2-5H,8H2,1H3/b3-2-. The van der Waals surface area contributed by atoms with Gasteiger partial charge >= 0.3 is 0 Å². The van der Waals surface area contributed by atoms with E-state index in [4.69, 9.17) is 5.73 Å². The molecular formula is C7H9N3O. The lowest BCUT2D eigenvalue weighted by molar-refractivity contribution is 0.112. The average Bonchev–Trinajstić information content (AvgIpc) is 2.32. The number of hydrogen-bond acceptors (Lipinski definition) is 3. The van der Waals surface area contributed by atoms with E-state index in [0.29, 0.717) is 11.3 Å². The Morgan fingerprint density at radius 2 is 2.45 bits per heavy atom. The van der Waals surface area contributed by atoms with Crippen LogP contribution in [-0.4, -0.2) is 16.1 Å². The molecule has 0 aliphatic carbocycles. The molecule has 4 heteroatoms. The lowest BCUT2D eigenvalue weighted by Gasteiger charge is -1.83. The first-order valence-electron chi connectivity index (χ1n) is 3.15. The third-order valence-electron chi connectivity index (χ3n) is 1.27. The summed E-state index contributed by atoms with van der Waals surface area (Å²) in [6.45, 7) is 0. The van der Waals surface area contributed by atoms with Crippen molar-refractivity contribution in [3.05, 3.63) is 23.7 Å². The minimum Gasteiger partial charge on any atom is -0.405 e. The van der Waals surface area contributed by atoms with Gasteiger partial charge in [0, 0.05) is 13.2 Å². The quantitative estimate of drug-likeness (QED) is 0.612. The maximum absolute atomic E-state index is 10.4. The van der Waals surface area contributed by atoms with E-state index >= 15 is 0 Å². The van der Waals surface area contributed by atoms with Gasteiger partial charge in [0.25, 0.3) is 0 Å². The van der Waals surface area contributed by atoms with Gasteiger partial charge in [0.15, 0.2) is 6.29 Å². The zero-order valence-electron chi connectivity index (χ0n) is 6.19. The minimum atomic E-state index is 0.550. The minimum absolute atomic E-state index is 0.550. The number of rotatable bonds is 2. The van der Waals surface area contributed by atoms with Crippen molar-refractivity contribution >= 4 is 12.4 Å². The van der Waals surface area contributed by atoms with Crippen LogP contribution in [0.15, 0.2) is 12.4 Å². The van der Waals surface area contributed by atoms with Gasteiger partial charge in [-0.3, -0.25) is 9.48 Å². The zero-order chi connectivity index (χ0) is 8.27.